The second kappa shape index (κ2) is 16.7. The summed E-state index contributed by atoms with van der Waals surface area (Å²) in [6, 6.07) is 0. The van der Waals surface area contributed by atoms with Gasteiger partial charge in [0.25, 0.3) is 0 Å². The predicted octanol–water partition coefficient (Wildman–Crippen LogP) is 7.53. The Morgan fingerprint density at radius 1 is 0.818 bits per heavy atom. The average Bonchev–Trinajstić information content (AvgIpc) is 2.79. The number of carbonyl (C=O) groups excluding carboxylic acids is 1. The average molecular weight is 530 g/mol. The van der Waals surface area contributed by atoms with Crippen LogP contribution < -0.4 is 5.32 Å². The summed E-state index contributed by atoms with van der Waals surface area (Å²) >= 11 is 7.70. The first kappa shape index (κ1) is 33.1. The molecule has 6 nitrogen and oxygen atoms in total. The number of amides is 1. The molecule has 0 aromatic rings. The molecule has 0 aliphatic carbocycles. The molecular weight excluding hydrogens is 477 g/mol. The van der Waals surface area contributed by atoms with Gasteiger partial charge in [0.05, 0.1) is 0 Å². The van der Waals surface area contributed by atoms with Gasteiger partial charge in [-0.3, -0.25) is 0 Å². The van der Waals surface area contributed by atoms with Crippen molar-refractivity contribution in [2.75, 3.05) is 38.3 Å². The Bertz CT molecular complexity index is 501. The minimum atomic E-state index is -3.10. The normalized spacial score (nSPS) is 15.5. The number of rotatable bonds is 20. The van der Waals surface area contributed by atoms with E-state index in [9.17, 15) is 4.79 Å². The first-order chi connectivity index (χ1) is 15.6. The molecule has 200 valence electrons. The Hall–Kier alpha value is 0.0869. The summed E-state index contributed by atoms with van der Waals surface area (Å²) in [6.45, 7) is 17.7. The molecule has 9 heteroatoms. The number of alkyl carbamates (subject to hydrolysis) is 1. The van der Waals surface area contributed by atoms with E-state index >= 15 is 0 Å². The summed E-state index contributed by atoms with van der Waals surface area (Å²) in [5.41, 5.74) is -0.375. The van der Waals surface area contributed by atoms with Crippen LogP contribution in [0, 0.1) is 0 Å². The molecule has 0 bridgehead atoms. The fraction of sp³-hybridized carbons (Fsp3) is 0.958. The van der Waals surface area contributed by atoms with Gasteiger partial charge in [0.2, 0.25) is 0 Å². The van der Waals surface area contributed by atoms with Crippen molar-refractivity contribution in [3.8, 4) is 0 Å². The Balaban J connectivity index is 5.79. The van der Waals surface area contributed by atoms with Gasteiger partial charge in [-0.25, -0.2) is 0 Å². The second-order valence-corrected chi connectivity index (χ2v) is 19.8. The van der Waals surface area contributed by atoms with Crippen LogP contribution in [0.1, 0.15) is 100 Å². The van der Waals surface area contributed by atoms with E-state index in [1.54, 1.807) is 0 Å². The monoisotopic (exact) mass is 529 g/mol. The Labute approximate surface area is 210 Å². The van der Waals surface area contributed by atoms with Gasteiger partial charge in [0.1, 0.15) is 0 Å². The quantitative estimate of drug-likeness (QED) is 0.130. The molecule has 0 rings (SSSR count). The third-order valence-electron chi connectivity index (χ3n) is 6.47. The molecule has 0 aliphatic heterocycles. The standard InChI is InChI=1S/C24H53ClNO5PSi/c1-9-16-19-32(25,20-17-10-2,21-18-11-3)22(8)31-24(27)26-23(12-4)33(28-13-5,29-14-6)30-15-7/h22-23H,9-21H2,1-8H3,(H,26,27). The number of hydrogen-bond acceptors (Lipinski definition) is 5. The van der Waals surface area contributed by atoms with Crippen molar-refractivity contribution >= 4 is 32.1 Å². The minimum absolute atomic E-state index is 0.304. The zero-order valence-corrected chi connectivity index (χ0v) is 25.4. The van der Waals surface area contributed by atoms with Gasteiger partial charge < -0.3 is 0 Å². The van der Waals surface area contributed by atoms with Gasteiger partial charge >= 0.3 is 210 Å². The van der Waals surface area contributed by atoms with Gasteiger partial charge in [0, 0.05) is 0 Å². The maximum atomic E-state index is 13.2. The van der Waals surface area contributed by atoms with Crippen molar-refractivity contribution in [2.24, 2.45) is 0 Å². The topological polar surface area (TPSA) is 66.0 Å². The second-order valence-electron chi connectivity index (χ2n) is 8.92. The van der Waals surface area contributed by atoms with Gasteiger partial charge in [-0.2, -0.15) is 0 Å². The molecule has 0 saturated heterocycles. The van der Waals surface area contributed by atoms with Crippen molar-refractivity contribution in [3.63, 3.8) is 0 Å². The Kier molecular flexibility index (Phi) is 16.7. The molecule has 0 radical (unpaired) electrons. The van der Waals surface area contributed by atoms with E-state index in [0.717, 1.165) is 57.0 Å². The van der Waals surface area contributed by atoms with Crippen LogP contribution in [0.3, 0.4) is 0 Å². The number of nitrogens with one attached hydrogen (secondary N) is 1. The fourth-order valence-electron chi connectivity index (χ4n) is 4.41. The molecule has 0 saturated carbocycles. The van der Waals surface area contributed by atoms with Crippen LogP contribution in [0.25, 0.3) is 0 Å². The van der Waals surface area contributed by atoms with Crippen molar-refractivity contribution in [2.45, 2.75) is 112 Å². The van der Waals surface area contributed by atoms with Crippen LogP contribution >= 0.6 is 17.2 Å². The molecule has 0 heterocycles. The molecular formula is C24H53ClNO5PSi. The summed E-state index contributed by atoms with van der Waals surface area (Å²) in [5, 5.41) is 3.04. The summed E-state index contributed by atoms with van der Waals surface area (Å²) < 4.78 is 24.2. The van der Waals surface area contributed by atoms with E-state index < -0.39 is 20.9 Å². The predicted molar refractivity (Wildman–Crippen MR) is 146 cm³/mol. The summed E-state index contributed by atoms with van der Waals surface area (Å²) in [7, 11) is -3.10. The van der Waals surface area contributed by atoms with Gasteiger partial charge in [-0.15, -0.1) is 0 Å². The van der Waals surface area contributed by atoms with Gasteiger partial charge in [-0.1, -0.05) is 0 Å². The van der Waals surface area contributed by atoms with Gasteiger partial charge in [-0.05, 0) is 0 Å². The van der Waals surface area contributed by atoms with Crippen LogP contribution in [0.2, 0.25) is 0 Å². The number of unbranched alkanes of at least 4 members (excludes halogenated alkanes) is 3. The molecule has 0 fully saturated rings. The van der Waals surface area contributed by atoms with E-state index in [1.807, 2.05) is 34.6 Å². The van der Waals surface area contributed by atoms with Crippen molar-refractivity contribution in [1.82, 2.24) is 5.32 Å². The van der Waals surface area contributed by atoms with Crippen LogP contribution in [-0.2, 0) is 18.0 Å². The van der Waals surface area contributed by atoms with Crippen LogP contribution in [-0.4, -0.2) is 64.7 Å². The molecule has 0 aliphatic rings. The van der Waals surface area contributed by atoms with Crippen LogP contribution in [0.15, 0.2) is 0 Å². The molecule has 33 heavy (non-hydrogen) atoms. The van der Waals surface area contributed by atoms with Crippen LogP contribution in [0.5, 0.6) is 0 Å². The maximum absolute atomic E-state index is 13.2. The Morgan fingerprint density at radius 2 is 1.21 bits per heavy atom. The van der Waals surface area contributed by atoms with Crippen molar-refractivity contribution in [1.29, 1.82) is 0 Å². The van der Waals surface area contributed by atoms with Gasteiger partial charge in [0.15, 0.2) is 0 Å². The van der Waals surface area contributed by atoms with Crippen LogP contribution in [0.4, 0.5) is 4.79 Å². The van der Waals surface area contributed by atoms with Crippen molar-refractivity contribution < 1.29 is 22.8 Å². The van der Waals surface area contributed by atoms with E-state index in [0.29, 0.717) is 26.2 Å². The Morgan fingerprint density at radius 3 is 1.52 bits per heavy atom. The third-order valence-corrected chi connectivity index (χ3v) is 18.4. The number of halogens is 1. The molecule has 2 unspecified atom stereocenters. The first-order valence-corrected chi connectivity index (χ1v) is 18.8. The molecule has 0 spiro atoms. The van der Waals surface area contributed by atoms with E-state index in [-0.39, 0.29) is 11.5 Å². The van der Waals surface area contributed by atoms with E-state index in [4.69, 9.17) is 29.3 Å². The zero-order valence-electron chi connectivity index (χ0n) is 22.7. The molecule has 1 N–H and O–H groups in total. The summed E-state index contributed by atoms with van der Waals surface area (Å²) in [4.78, 5) is 13.2. The molecule has 2 atom stereocenters. The fourth-order valence-corrected chi connectivity index (χ4v) is 13.8. The zero-order chi connectivity index (χ0) is 25.4. The number of carbonyl (C=O) groups is 1. The first-order valence-electron chi connectivity index (χ1n) is 13.3. The number of ether oxygens (including phenoxy) is 1. The van der Waals surface area contributed by atoms with E-state index in [2.05, 4.69) is 26.1 Å². The SMILES string of the molecule is CCCCP(Cl)(CCCC)(CCCC)C(C)OC(=O)NC(CC)[Si](OCC)(OCC)OCC. The summed E-state index contributed by atoms with van der Waals surface area (Å²) in [5.74, 6) is -3.07. The number of hydrogen-bond donors (Lipinski definition) is 1. The molecule has 1 amide bonds. The van der Waals surface area contributed by atoms with E-state index in [1.165, 1.54) is 0 Å². The molecule has 0 aromatic heterocycles. The summed E-state index contributed by atoms with van der Waals surface area (Å²) in [6.07, 6.45) is 9.52. The third kappa shape index (κ3) is 9.93. The molecule has 0 aromatic carbocycles. The van der Waals surface area contributed by atoms with Crippen molar-refractivity contribution in [3.05, 3.63) is 0 Å².